The first kappa shape index (κ1) is 16.9. The summed E-state index contributed by atoms with van der Waals surface area (Å²) in [5.74, 6) is -0.650. The molecule has 1 aromatic heterocycles. The maximum atomic E-state index is 11.6. The van der Waals surface area contributed by atoms with Crippen molar-refractivity contribution in [1.29, 1.82) is 0 Å². The number of carbonyl (C=O) groups is 2. The summed E-state index contributed by atoms with van der Waals surface area (Å²) >= 11 is 0. The molecular formula is C14H21N3O4. The van der Waals surface area contributed by atoms with Gasteiger partial charge in [-0.3, -0.25) is 4.79 Å². The highest BCUT2D eigenvalue weighted by molar-refractivity contribution is 5.89. The van der Waals surface area contributed by atoms with Gasteiger partial charge in [0, 0.05) is 12.0 Å². The molecule has 21 heavy (non-hydrogen) atoms. The van der Waals surface area contributed by atoms with Gasteiger partial charge < -0.3 is 15.2 Å². The smallest absolute Gasteiger partial charge is 0.357 e. The van der Waals surface area contributed by atoms with Gasteiger partial charge in [-0.2, -0.15) is 0 Å². The van der Waals surface area contributed by atoms with Crippen molar-refractivity contribution in [2.75, 3.05) is 12.8 Å². The largest absolute Gasteiger partial charge is 0.464 e. The number of methoxy groups -OCH3 is 1. The van der Waals surface area contributed by atoms with Gasteiger partial charge in [-0.05, 0) is 33.6 Å². The molecule has 0 aromatic carbocycles. The van der Waals surface area contributed by atoms with Gasteiger partial charge in [0.15, 0.2) is 5.69 Å². The Bertz CT molecular complexity index is 523. The van der Waals surface area contributed by atoms with Crippen LogP contribution in [-0.2, 0) is 20.7 Å². The lowest BCUT2D eigenvalue weighted by atomic mass is 10.1. The quantitative estimate of drug-likeness (QED) is 0.821. The van der Waals surface area contributed by atoms with Crippen LogP contribution < -0.4 is 5.73 Å². The molecule has 1 aromatic rings. The van der Waals surface area contributed by atoms with Crippen molar-refractivity contribution in [1.82, 2.24) is 9.97 Å². The Balaban J connectivity index is 2.68. The van der Waals surface area contributed by atoms with Crippen LogP contribution in [0.15, 0.2) is 6.33 Å². The lowest BCUT2D eigenvalue weighted by Crippen LogP contribution is -2.23. The number of nitrogens with zero attached hydrogens (tertiary/aromatic N) is 2. The molecule has 0 radical (unpaired) electrons. The van der Waals surface area contributed by atoms with E-state index in [0.29, 0.717) is 18.4 Å². The van der Waals surface area contributed by atoms with Gasteiger partial charge >= 0.3 is 11.9 Å². The van der Waals surface area contributed by atoms with Crippen LogP contribution in [0.1, 0.15) is 49.7 Å². The van der Waals surface area contributed by atoms with Crippen molar-refractivity contribution >= 4 is 17.8 Å². The second kappa shape index (κ2) is 7.01. The molecular weight excluding hydrogens is 274 g/mol. The average Bonchev–Trinajstić information content (AvgIpc) is 2.37. The third-order valence-corrected chi connectivity index (χ3v) is 2.59. The summed E-state index contributed by atoms with van der Waals surface area (Å²) in [6, 6.07) is 0. The average molecular weight is 295 g/mol. The van der Waals surface area contributed by atoms with Crippen LogP contribution in [0.2, 0.25) is 0 Å². The fourth-order valence-corrected chi connectivity index (χ4v) is 1.75. The van der Waals surface area contributed by atoms with E-state index < -0.39 is 11.6 Å². The maximum absolute atomic E-state index is 11.6. The molecule has 0 fully saturated rings. The summed E-state index contributed by atoms with van der Waals surface area (Å²) < 4.78 is 9.86. The SMILES string of the molecule is COC(=O)c1ncnc(N)c1CCCC(=O)OC(C)(C)C. The number of nitrogens with two attached hydrogens (primary N) is 1. The summed E-state index contributed by atoms with van der Waals surface area (Å²) in [4.78, 5) is 31.0. The van der Waals surface area contributed by atoms with Gasteiger partial charge in [0.25, 0.3) is 0 Å². The lowest BCUT2D eigenvalue weighted by Gasteiger charge is -2.19. The molecule has 0 aliphatic rings. The van der Waals surface area contributed by atoms with Gasteiger partial charge in [-0.15, -0.1) is 0 Å². The predicted molar refractivity (Wildman–Crippen MR) is 76.6 cm³/mol. The predicted octanol–water partition coefficient (Wildman–Crippen LogP) is 1.51. The molecule has 1 heterocycles. The van der Waals surface area contributed by atoms with Crippen LogP contribution >= 0.6 is 0 Å². The molecule has 116 valence electrons. The molecule has 0 bridgehead atoms. The van der Waals surface area contributed by atoms with Crippen LogP contribution in [0.5, 0.6) is 0 Å². The van der Waals surface area contributed by atoms with Gasteiger partial charge in [-0.25, -0.2) is 14.8 Å². The number of nitrogen functional groups attached to an aromatic ring is 1. The van der Waals surface area contributed by atoms with E-state index in [1.165, 1.54) is 13.4 Å². The number of ether oxygens (including phenoxy) is 2. The molecule has 0 amide bonds. The highest BCUT2D eigenvalue weighted by Gasteiger charge is 2.19. The van der Waals surface area contributed by atoms with E-state index in [0.717, 1.165) is 0 Å². The topological polar surface area (TPSA) is 104 Å². The van der Waals surface area contributed by atoms with Crippen LogP contribution in [0, 0.1) is 0 Å². The molecule has 0 saturated heterocycles. The second-order valence-corrected chi connectivity index (χ2v) is 5.52. The van der Waals surface area contributed by atoms with Crippen molar-refractivity contribution in [2.45, 2.75) is 45.6 Å². The van der Waals surface area contributed by atoms with Crippen LogP contribution in [-0.4, -0.2) is 34.6 Å². The number of hydrogen-bond donors (Lipinski definition) is 1. The van der Waals surface area contributed by atoms with Crippen molar-refractivity contribution in [3.63, 3.8) is 0 Å². The highest BCUT2D eigenvalue weighted by atomic mass is 16.6. The molecule has 0 aliphatic carbocycles. The minimum absolute atomic E-state index is 0.134. The molecule has 0 atom stereocenters. The summed E-state index contributed by atoms with van der Waals surface area (Å²) in [6.07, 6.45) is 2.32. The molecule has 2 N–H and O–H groups in total. The van der Waals surface area contributed by atoms with Crippen molar-refractivity contribution < 1.29 is 19.1 Å². The summed E-state index contributed by atoms with van der Waals surface area (Å²) in [6.45, 7) is 5.43. The van der Waals surface area contributed by atoms with E-state index in [4.69, 9.17) is 10.5 Å². The number of aromatic nitrogens is 2. The van der Waals surface area contributed by atoms with Gasteiger partial charge in [0.1, 0.15) is 17.7 Å². The Labute approximate surface area is 123 Å². The zero-order chi connectivity index (χ0) is 16.0. The number of carbonyl (C=O) groups excluding carboxylic acids is 2. The third kappa shape index (κ3) is 5.37. The van der Waals surface area contributed by atoms with Crippen LogP contribution in [0.4, 0.5) is 5.82 Å². The number of esters is 2. The van der Waals surface area contributed by atoms with E-state index in [-0.39, 0.29) is 23.9 Å². The summed E-state index contributed by atoms with van der Waals surface area (Å²) in [7, 11) is 1.27. The molecule has 0 spiro atoms. The Kier molecular flexibility index (Phi) is 5.63. The fraction of sp³-hybridized carbons (Fsp3) is 0.571. The van der Waals surface area contributed by atoms with Crippen LogP contribution in [0.3, 0.4) is 0 Å². The third-order valence-electron chi connectivity index (χ3n) is 2.59. The molecule has 7 heteroatoms. The second-order valence-electron chi connectivity index (χ2n) is 5.52. The number of anilines is 1. The van der Waals surface area contributed by atoms with Gasteiger partial charge in [0.2, 0.25) is 0 Å². The Morgan fingerprint density at radius 2 is 1.95 bits per heavy atom. The minimum Gasteiger partial charge on any atom is -0.464 e. The first-order valence-corrected chi connectivity index (χ1v) is 6.64. The van der Waals surface area contributed by atoms with Gasteiger partial charge in [0.05, 0.1) is 7.11 Å². The molecule has 0 aliphatic heterocycles. The number of rotatable bonds is 5. The van der Waals surface area contributed by atoms with E-state index in [1.807, 2.05) is 20.8 Å². The minimum atomic E-state index is -0.573. The van der Waals surface area contributed by atoms with Crippen LogP contribution in [0.25, 0.3) is 0 Å². The molecule has 0 saturated carbocycles. The van der Waals surface area contributed by atoms with E-state index in [1.54, 1.807) is 0 Å². The lowest BCUT2D eigenvalue weighted by molar-refractivity contribution is -0.154. The van der Waals surface area contributed by atoms with E-state index in [9.17, 15) is 9.59 Å². The fourth-order valence-electron chi connectivity index (χ4n) is 1.75. The molecule has 7 nitrogen and oxygen atoms in total. The zero-order valence-corrected chi connectivity index (χ0v) is 12.8. The zero-order valence-electron chi connectivity index (χ0n) is 12.8. The van der Waals surface area contributed by atoms with Crippen molar-refractivity contribution in [3.05, 3.63) is 17.6 Å². The normalized spacial score (nSPS) is 11.0. The number of hydrogen-bond acceptors (Lipinski definition) is 7. The Hall–Kier alpha value is -2.18. The summed E-state index contributed by atoms with van der Waals surface area (Å²) in [5.41, 5.74) is 5.87. The Morgan fingerprint density at radius 3 is 2.52 bits per heavy atom. The maximum Gasteiger partial charge on any atom is 0.357 e. The van der Waals surface area contributed by atoms with Crippen molar-refractivity contribution in [2.24, 2.45) is 0 Å². The molecule has 1 rings (SSSR count). The van der Waals surface area contributed by atoms with E-state index >= 15 is 0 Å². The molecule has 0 unspecified atom stereocenters. The monoisotopic (exact) mass is 295 g/mol. The van der Waals surface area contributed by atoms with E-state index in [2.05, 4.69) is 14.7 Å². The first-order chi connectivity index (χ1) is 9.74. The highest BCUT2D eigenvalue weighted by Crippen LogP contribution is 2.17. The Morgan fingerprint density at radius 1 is 1.29 bits per heavy atom. The standard InChI is InChI=1S/C14H21N3O4/c1-14(2,3)21-10(18)7-5-6-9-11(13(19)20-4)16-8-17-12(9)15/h8H,5-7H2,1-4H3,(H2,15,16,17). The van der Waals surface area contributed by atoms with Crippen molar-refractivity contribution in [3.8, 4) is 0 Å². The first-order valence-electron chi connectivity index (χ1n) is 6.64. The summed E-state index contributed by atoms with van der Waals surface area (Å²) in [5, 5.41) is 0. The van der Waals surface area contributed by atoms with Gasteiger partial charge in [-0.1, -0.05) is 0 Å².